The molecule has 10 heteroatoms. The SMILES string of the molecule is CN(CCCCCCC1=C(c2cc(F)cc(F)c2)CCCc2cc(O)ccc21)CCCSCCCC(F)(F)C(F)(F)F. The van der Waals surface area contributed by atoms with Crippen molar-refractivity contribution in [3.05, 3.63) is 64.7 Å². The van der Waals surface area contributed by atoms with Crippen LogP contribution in [-0.2, 0) is 6.42 Å². The van der Waals surface area contributed by atoms with Gasteiger partial charge in [0, 0.05) is 12.5 Å². The summed E-state index contributed by atoms with van der Waals surface area (Å²) in [5, 5.41) is 10.0. The number of thioether (sulfide) groups is 1. The zero-order chi connectivity index (χ0) is 30.8. The lowest BCUT2D eigenvalue weighted by atomic mass is 9.89. The van der Waals surface area contributed by atoms with Gasteiger partial charge < -0.3 is 10.0 Å². The van der Waals surface area contributed by atoms with Crippen molar-refractivity contribution in [2.24, 2.45) is 0 Å². The summed E-state index contributed by atoms with van der Waals surface area (Å²) in [6, 6.07) is 9.02. The Morgan fingerprint density at radius 3 is 2.19 bits per heavy atom. The number of aryl methyl sites for hydroxylation is 1. The molecule has 1 N–H and O–H groups in total. The van der Waals surface area contributed by atoms with E-state index in [1.807, 2.05) is 13.1 Å². The Morgan fingerprint density at radius 1 is 0.810 bits per heavy atom. The van der Waals surface area contributed by atoms with Crippen LogP contribution in [0.3, 0.4) is 0 Å². The molecule has 1 aliphatic rings. The summed E-state index contributed by atoms with van der Waals surface area (Å²) in [6.07, 6.45) is 1.05. The molecule has 0 amide bonds. The number of phenols is 1. The van der Waals surface area contributed by atoms with E-state index in [0.717, 1.165) is 92.8 Å². The van der Waals surface area contributed by atoms with Crippen molar-refractivity contribution in [2.45, 2.75) is 82.7 Å². The number of allylic oxidation sites excluding steroid dienone is 2. The third kappa shape index (κ3) is 10.5. The van der Waals surface area contributed by atoms with Crippen molar-refractivity contribution in [1.82, 2.24) is 4.90 Å². The van der Waals surface area contributed by atoms with E-state index >= 15 is 0 Å². The van der Waals surface area contributed by atoms with Gasteiger partial charge in [0.15, 0.2) is 0 Å². The molecule has 0 saturated carbocycles. The van der Waals surface area contributed by atoms with Gasteiger partial charge in [0.25, 0.3) is 0 Å². The molecular formula is C32H40F7NOS. The van der Waals surface area contributed by atoms with Crippen molar-refractivity contribution in [2.75, 3.05) is 31.6 Å². The van der Waals surface area contributed by atoms with Crippen LogP contribution in [0.4, 0.5) is 30.7 Å². The fourth-order valence-corrected chi connectivity index (χ4v) is 6.29. The zero-order valence-corrected chi connectivity index (χ0v) is 24.8. The van der Waals surface area contributed by atoms with Gasteiger partial charge in [-0.3, -0.25) is 0 Å². The van der Waals surface area contributed by atoms with Gasteiger partial charge >= 0.3 is 12.1 Å². The van der Waals surface area contributed by atoms with E-state index in [1.165, 1.54) is 23.9 Å². The van der Waals surface area contributed by atoms with Crippen molar-refractivity contribution in [3.63, 3.8) is 0 Å². The largest absolute Gasteiger partial charge is 0.508 e. The Hall–Kier alpha value is -2.20. The van der Waals surface area contributed by atoms with Crippen LogP contribution in [-0.4, -0.2) is 53.7 Å². The fourth-order valence-electron chi connectivity index (χ4n) is 5.41. The number of hydrogen-bond acceptors (Lipinski definition) is 3. The van der Waals surface area contributed by atoms with Crippen molar-refractivity contribution in [3.8, 4) is 5.75 Å². The number of phenolic OH excluding ortho intramolecular Hbond substituents is 1. The van der Waals surface area contributed by atoms with E-state index in [2.05, 4.69) is 4.90 Å². The lowest BCUT2D eigenvalue weighted by molar-refractivity contribution is -0.284. The molecule has 0 bridgehead atoms. The molecule has 0 atom stereocenters. The van der Waals surface area contributed by atoms with Crippen LogP contribution in [0.2, 0.25) is 0 Å². The zero-order valence-electron chi connectivity index (χ0n) is 24.0. The van der Waals surface area contributed by atoms with Crippen molar-refractivity contribution >= 4 is 22.9 Å². The highest BCUT2D eigenvalue weighted by Gasteiger charge is 2.56. The Labute approximate surface area is 248 Å². The second kappa shape index (κ2) is 16.0. The van der Waals surface area contributed by atoms with Gasteiger partial charge in [0.05, 0.1) is 0 Å². The van der Waals surface area contributed by atoms with Crippen LogP contribution < -0.4 is 0 Å². The summed E-state index contributed by atoms with van der Waals surface area (Å²) in [7, 11) is 2.02. The maximum atomic E-state index is 14.1. The minimum atomic E-state index is -5.48. The second-order valence-electron chi connectivity index (χ2n) is 11.0. The van der Waals surface area contributed by atoms with Gasteiger partial charge in [-0.15, -0.1) is 0 Å². The van der Waals surface area contributed by atoms with E-state index < -0.39 is 30.2 Å². The summed E-state index contributed by atoms with van der Waals surface area (Å²) in [6.45, 7) is 1.73. The third-order valence-electron chi connectivity index (χ3n) is 7.60. The molecule has 0 saturated heterocycles. The number of hydrogen-bond donors (Lipinski definition) is 1. The predicted molar refractivity (Wildman–Crippen MR) is 157 cm³/mol. The van der Waals surface area contributed by atoms with E-state index in [9.17, 15) is 35.8 Å². The van der Waals surface area contributed by atoms with Gasteiger partial charge in [0.1, 0.15) is 17.4 Å². The van der Waals surface area contributed by atoms with E-state index in [4.69, 9.17) is 0 Å². The topological polar surface area (TPSA) is 23.5 Å². The van der Waals surface area contributed by atoms with Crippen LogP contribution in [0, 0.1) is 11.6 Å². The standard InChI is InChI=1S/C32H40F7NOS/c1-40(16-8-18-42-17-7-14-31(35,36)32(37,38)39)15-5-3-2-4-10-30-28(24-19-25(33)22-26(34)20-24)11-6-9-23-21-27(41)12-13-29(23)30/h12-13,19-22,41H,2-11,14-18H2,1H3. The normalized spacial score (nSPS) is 14.4. The maximum Gasteiger partial charge on any atom is 0.453 e. The number of nitrogens with zero attached hydrogens (tertiary/aromatic N) is 1. The molecular weight excluding hydrogens is 579 g/mol. The highest BCUT2D eigenvalue weighted by molar-refractivity contribution is 7.99. The molecule has 1 aliphatic carbocycles. The molecule has 2 nitrogen and oxygen atoms in total. The number of unbranched alkanes of at least 4 members (excludes halogenated alkanes) is 3. The third-order valence-corrected chi connectivity index (χ3v) is 8.76. The Kier molecular flexibility index (Phi) is 13.1. The first-order valence-electron chi connectivity index (χ1n) is 14.6. The minimum Gasteiger partial charge on any atom is -0.508 e. The van der Waals surface area contributed by atoms with E-state index in [1.54, 1.807) is 12.1 Å². The Balaban J connectivity index is 1.41. The average molecular weight is 620 g/mol. The Bertz CT molecular complexity index is 1160. The molecule has 0 fully saturated rings. The average Bonchev–Trinajstić information content (AvgIpc) is 3.07. The second-order valence-corrected chi connectivity index (χ2v) is 12.3. The molecule has 2 aromatic carbocycles. The number of halogens is 7. The first-order valence-corrected chi connectivity index (χ1v) is 15.7. The van der Waals surface area contributed by atoms with E-state index in [-0.39, 0.29) is 17.9 Å². The van der Waals surface area contributed by atoms with Gasteiger partial charge in [0.2, 0.25) is 0 Å². The van der Waals surface area contributed by atoms with Crippen LogP contribution in [0.1, 0.15) is 80.9 Å². The van der Waals surface area contributed by atoms with Crippen LogP contribution >= 0.6 is 11.8 Å². The summed E-state index contributed by atoms with van der Waals surface area (Å²) in [5.41, 5.74) is 4.71. The quantitative estimate of drug-likeness (QED) is 0.149. The number of aromatic hydroxyl groups is 1. The summed E-state index contributed by atoms with van der Waals surface area (Å²) >= 11 is 1.41. The van der Waals surface area contributed by atoms with Crippen molar-refractivity contribution in [1.29, 1.82) is 0 Å². The molecule has 42 heavy (non-hydrogen) atoms. The van der Waals surface area contributed by atoms with Crippen LogP contribution in [0.25, 0.3) is 11.1 Å². The monoisotopic (exact) mass is 619 g/mol. The summed E-state index contributed by atoms with van der Waals surface area (Å²) in [5.74, 6) is -4.60. The number of alkyl halides is 5. The number of rotatable bonds is 16. The molecule has 0 unspecified atom stereocenters. The van der Waals surface area contributed by atoms with Gasteiger partial charge in [-0.25, -0.2) is 8.78 Å². The minimum absolute atomic E-state index is 0.168. The highest BCUT2D eigenvalue weighted by Crippen LogP contribution is 2.40. The lowest BCUT2D eigenvalue weighted by Gasteiger charge is -2.19. The molecule has 0 aliphatic heterocycles. The van der Waals surface area contributed by atoms with Crippen molar-refractivity contribution < 1.29 is 35.8 Å². The van der Waals surface area contributed by atoms with Crippen LogP contribution in [0.15, 0.2) is 36.4 Å². The highest BCUT2D eigenvalue weighted by atomic mass is 32.2. The first kappa shape index (κ1) is 34.3. The van der Waals surface area contributed by atoms with Gasteiger partial charge in [-0.2, -0.15) is 33.7 Å². The van der Waals surface area contributed by atoms with Gasteiger partial charge in [-0.05, 0) is 135 Å². The molecule has 2 aromatic rings. The Morgan fingerprint density at radius 2 is 1.48 bits per heavy atom. The van der Waals surface area contributed by atoms with E-state index in [0.29, 0.717) is 17.7 Å². The fraction of sp³-hybridized carbons (Fsp3) is 0.562. The molecule has 0 spiro atoms. The summed E-state index contributed by atoms with van der Waals surface area (Å²) in [4.78, 5) is 2.20. The molecule has 0 heterocycles. The first-order chi connectivity index (χ1) is 19.9. The smallest absolute Gasteiger partial charge is 0.453 e. The summed E-state index contributed by atoms with van der Waals surface area (Å²) < 4.78 is 90.6. The number of fused-ring (bicyclic) bond motifs is 1. The predicted octanol–water partition coefficient (Wildman–Crippen LogP) is 9.90. The van der Waals surface area contributed by atoms with Gasteiger partial charge in [-0.1, -0.05) is 18.9 Å². The lowest BCUT2D eigenvalue weighted by Crippen LogP contribution is -2.36. The number of benzene rings is 2. The molecule has 0 aromatic heterocycles. The van der Waals surface area contributed by atoms with Crippen LogP contribution in [0.5, 0.6) is 5.75 Å². The molecule has 234 valence electrons. The molecule has 0 radical (unpaired) electrons. The molecule has 3 rings (SSSR count). The maximum absolute atomic E-state index is 14.1.